The molecule has 0 fully saturated rings. The first kappa shape index (κ1) is 9.76. The number of hydrogen-bond acceptors (Lipinski definition) is 4. The maximum absolute atomic E-state index is 10.3. The van der Waals surface area contributed by atoms with Gasteiger partial charge in [0.15, 0.2) is 0 Å². The van der Waals surface area contributed by atoms with Gasteiger partial charge in [-0.25, -0.2) is 0 Å². The number of hydrogen-bond donors (Lipinski definition) is 3. The molecule has 0 bridgehead atoms. The van der Waals surface area contributed by atoms with Gasteiger partial charge in [0.1, 0.15) is 18.1 Å². The number of furan rings is 1. The molecule has 0 saturated heterocycles. The highest BCUT2D eigenvalue weighted by atomic mass is 16.4. The summed E-state index contributed by atoms with van der Waals surface area (Å²) in [5.74, 6) is -0.211. The average molecular weight is 185 g/mol. The first-order valence-corrected chi connectivity index (χ1v) is 3.80. The summed E-state index contributed by atoms with van der Waals surface area (Å²) in [4.78, 5) is 10.3. The van der Waals surface area contributed by atoms with E-state index in [2.05, 4.69) is 0 Å². The van der Waals surface area contributed by atoms with Crippen molar-refractivity contribution in [2.24, 2.45) is 5.73 Å². The third-order valence-electron chi connectivity index (χ3n) is 1.60. The molecule has 0 aliphatic carbocycles. The van der Waals surface area contributed by atoms with Gasteiger partial charge in [-0.3, -0.25) is 4.79 Å². The van der Waals surface area contributed by atoms with Crippen molar-refractivity contribution in [1.82, 2.24) is 0 Å². The maximum atomic E-state index is 10.3. The van der Waals surface area contributed by atoms with E-state index in [4.69, 9.17) is 20.4 Å². The maximum Gasteiger partial charge on any atom is 0.305 e. The molecule has 4 N–H and O–H groups in total. The number of carbonyl (C=O) groups is 1. The Morgan fingerprint density at radius 1 is 1.62 bits per heavy atom. The van der Waals surface area contributed by atoms with Gasteiger partial charge in [-0.15, -0.1) is 0 Å². The number of aliphatic carboxylic acids is 1. The molecule has 5 heteroatoms. The second-order valence-corrected chi connectivity index (χ2v) is 2.67. The van der Waals surface area contributed by atoms with Crippen LogP contribution in [0, 0.1) is 0 Å². The van der Waals surface area contributed by atoms with E-state index in [0.29, 0.717) is 11.5 Å². The second-order valence-electron chi connectivity index (χ2n) is 2.67. The second kappa shape index (κ2) is 4.06. The molecule has 1 rings (SSSR count). The Kier molecular flexibility index (Phi) is 3.05. The van der Waals surface area contributed by atoms with Gasteiger partial charge in [-0.05, 0) is 12.1 Å². The molecule has 1 atom stereocenters. The molecule has 0 saturated carbocycles. The van der Waals surface area contributed by atoms with E-state index in [9.17, 15) is 4.79 Å². The molecular weight excluding hydrogens is 174 g/mol. The van der Waals surface area contributed by atoms with Gasteiger partial charge in [0.25, 0.3) is 0 Å². The molecule has 72 valence electrons. The SMILES string of the molecule is N[C@H](CC(=O)O)c1ccc(CO)o1. The Morgan fingerprint density at radius 3 is 2.77 bits per heavy atom. The van der Waals surface area contributed by atoms with Crippen molar-refractivity contribution in [3.63, 3.8) is 0 Å². The average Bonchev–Trinajstić information content (AvgIpc) is 2.50. The fourth-order valence-electron chi connectivity index (χ4n) is 0.967. The van der Waals surface area contributed by atoms with Crippen LogP contribution in [0.1, 0.15) is 24.0 Å². The van der Waals surface area contributed by atoms with Crippen molar-refractivity contribution in [3.05, 3.63) is 23.7 Å². The van der Waals surface area contributed by atoms with Crippen molar-refractivity contribution in [1.29, 1.82) is 0 Å². The van der Waals surface area contributed by atoms with E-state index in [1.807, 2.05) is 0 Å². The van der Waals surface area contributed by atoms with Crippen LogP contribution in [0.25, 0.3) is 0 Å². The van der Waals surface area contributed by atoms with E-state index in [1.165, 1.54) is 0 Å². The number of nitrogens with two attached hydrogens (primary N) is 1. The lowest BCUT2D eigenvalue weighted by Gasteiger charge is -2.03. The molecule has 0 aliphatic rings. The molecule has 1 aromatic rings. The van der Waals surface area contributed by atoms with E-state index >= 15 is 0 Å². The molecule has 0 aromatic carbocycles. The third kappa shape index (κ3) is 2.57. The van der Waals surface area contributed by atoms with Gasteiger partial charge in [0, 0.05) is 0 Å². The van der Waals surface area contributed by atoms with E-state index in [1.54, 1.807) is 12.1 Å². The van der Waals surface area contributed by atoms with Gasteiger partial charge in [0.05, 0.1) is 12.5 Å². The van der Waals surface area contributed by atoms with Crippen LogP contribution >= 0.6 is 0 Å². The standard InChI is InChI=1S/C8H11NO4/c9-6(3-8(11)12)7-2-1-5(4-10)13-7/h1-2,6,10H,3-4,9H2,(H,11,12)/t6-/m1/s1. The van der Waals surface area contributed by atoms with Crippen molar-refractivity contribution in [2.75, 3.05) is 0 Å². The number of aliphatic hydroxyl groups excluding tert-OH is 1. The van der Waals surface area contributed by atoms with Crippen LogP contribution in [0.5, 0.6) is 0 Å². The summed E-state index contributed by atoms with van der Waals surface area (Å²) in [6, 6.07) is 2.48. The Balaban J connectivity index is 2.65. The molecule has 0 aliphatic heterocycles. The van der Waals surface area contributed by atoms with Gasteiger partial charge in [-0.2, -0.15) is 0 Å². The Morgan fingerprint density at radius 2 is 2.31 bits per heavy atom. The first-order chi connectivity index (χ1) is 6.13. The van der Waals surface area contributed by atoms with Crippen LogP contribution in [-0.4, -0.2) is 16.2 Å². The first-order valence-electron chi connectivity index (χ1n) is 3.80. The molecule has 0 radical (unpaired) electrons. The topological polar surface area (TPSA) is 96.7 Å². The number of carboxylic acid groups (broad SMARTS) is 1. The van der Waals surface area contributed by atoms with Crippen LogP contribution in [0.4, 0.5) is 0 Å². The summed E-state index contributed by atoms with van der Waals surface area (Å²) < 4.78 is 5.06. The van der Waals surface area contributed by atoms with Crippen molar-refractivity contribution >= 4 is 5.97 Å². The van der Waals surface area contributed by atoms with Gasteiger partial charge < -0.3 is 20.4 Å². The molecular formula is C8H11NO4. The van der Waals surface area contributed by atoms with Crippen LogP contribution in [-0.2, 0) is 11.4 Å². The van der Waals surface area contributed by atoms with Crippen molar-refractivity contribution in [2.45, 2.75) is 19.1 Å². The highest BCUT2D eigenvalue weighted by molar-refractivity contribution is 5.67. The molecule has 0 amide bonds. The van der Waals surface area contributed by atoms with Crippen LogP contribution in [0.3, 0.4) is 0 Å². The summed E-state index contributed by atoms with van der Waals surface area (Å²) in [7, 11) is 0. The largest absolute Gasteiger partial charge is 0.481 e. The van der Waals surface area contributed by atoms with Crippen LogP contribution < -0.4 is 5.73 Å². The van der Waals surface area contributed by atoms with Gasteiger partial charge in [0.2, 0.25) is 0 Å². The zero-order valence-corrected chi connectivity index (χ0v) is 6.93. The minimum atomic E-state index is -0.977. The molecule has 1 aromatic heterocycles. The predicted octanol–water partition coefficient (Wildman–Crippen LogP) is 0.246. The Hall–Kier alpha value is -1.33. The lowest BCUT2D eigenvalue weighted by molar-refractivity contribution is -0.137. The van der Waals surface area contributed by atoms with Crippen LogP contribution in [0.15, 0.2) is 16.5 Å². The van der Waals surface area contributed by atoms with E-state index in [-0.39, 0.29) is 13.0 Å². The van der Waals surface area contributed by atoms with E-state index < -0.39 is 12.0 Å². The summed E-state index contributed by atoms with van der Waals surface area (Å²) in [6.07, 6.45) is -0.182. The summed E-state index contributed by atoms with van der Waals surface area (Å²) >= 11 is 0. The Bertz CT molecular complexity index is 294. The van der Waals surface area contributed by atoms with Gasteiger partial charge >= 0.3 is 5.97 Å². The number of aliphatic hydroxyl groups is 1. The molecule has 13 heavy (non-hydrogen) atoms. The minimum Gasteiger partial charge on any atom is -0.481 e. The number of rotatable bonds is 4. The van der Waals surface area contributed by atoms with Crippen molar-refractivity contribution in [3.8, 4) is 0 Å². The van der Waals surface area contributed by atoms with Crippen LogP contribution in [0.2, 0.25) is 0 Å². The summed E-state index contributed by atoms with van der Waals surface area (Å²) in [6.45, 7) is -0.209. The van der Waals surface area contributed by atoms with Gasteiger partial charge in [-0.1, -0.05) is 0 Å². The minimum absolute atomic E-state index is 0.182. The lowest BCUT2D eigenvalue weighted by atomic mass is 10.2. The lowest BCUT2D eigenvalue weighted by Crippen LogP contribution is -2.14. The van der Waals surface area contributed by atoms with Crippen molar-refractivity contribution < 1.29 is 19.4 Å². The quantitative estimate of drug-likeness (QED) is 0.624. The monoisotopic (exact) mass is 185 g/mol. The molecule has 1 heterocycles. The zero-order valence-electron chi connectivity index (χ0n) is 6.93. The predicted molar refractivity (Wildman–Crippen MR) is 43.8 cm³/mol. The summed E-state index contributed by atoms with van der Waals surface area (Å²) in [5.41, 5.74) is 5.51. The normalized spacial score (nSPS) is 12.8. The fraction of sp³-hybridized carbons (Fsp3) is 0.375. The fourth-order valence-corrected chi connectivity index (χ4v) is 0.967. The molecule has 5 nitrogen and oxygen atoms in total. The molecule has 0 unspecified atom stereocenters. The Labute approximate surface area is 74.8 Å². The highest BCUT2D eigenvalue weighted by Crippen LogP contribution is 2.17. The molecule has 0 spiro atoms. The third-order valence-corrected chi connectivity index (χ3v) is 1.60. The van der Waals surface area contributed by atoms with E-state index in [0.717, 1.165) is 0 Å². The highest BCUT2D eigenvalue weighted by Gasteiger charge is 2.14. The summed E-state index contributed by atoms with van der Waals surface area (Å²) in [5, 5.41) is 17.1. The zero-order chi connectivity index (χ0) is 9.84. The number of carboxylic acids is 1. The smallest absolute Gasteiger partial charge is 0.305 e.